The average Bonchev–Trinajstić information content (AvgIpc) is 2.70. The Morgan fingerprint density at radius 3 is 2.59 bits per heavy atom. The Labute approximate surface area is 175 Å². The van der Waals surface area contributed by atoms with Crippen LogP contribution in [0, 0.1) is 5.82 Å². The number of benzene rings is 2. The van der Waals surface area contributed by atoms with Crippen molar-refractivity contribution in [3.8, 4) is 0 Å². The van der Waals surface area contributed by atoms with Crippen molar-refractivity contribution >= 4 is 27.7 Å². The fourth-order valence-electron chi connectivity index (χ4n) is 2.70. The molecule has 0 heterocycles. The monoisotopic (exact) mass is 440 g/mol. The van der Waals surface area contributed by atoms with Gasteiger partial charge in [0.25, 0.3) is 0 Å². The van der Waals surface area contributed by atoms with Gasteiger partial charge >= 0.3 is 0 Å². The van der Waals surface area contributed by atoms with Gasteiger partial charge in [0.2, 0.25) is 15.9 Å². The summed E-state index contributed by atoms with van der Waals surface area (Å²) in [5.41, 5.74) is 1.84. The van der Waals surface area contributed by atoms with Gasteiger partial charge in [-0.1, -0.05) is 36.4 Å². The summed E-state index contributed by atoms with van der Waals surface area (Å²) in [4.78, 5) is 12.2. The van der Waals surface area contributed by atoms with Crippen molar-refractivity contribution in [2.24, 2.45) is 0 Å². The first-order valence-electron chi connectivity index (χ1n) is 8.97. The van der Waals surface area contributed by atoms with Crippen LogP contribution < -0.4 is 10.0 Å². The number of amides is 1. The second kappa shape index (κ2) is 11.3. The molecule has 1 unspecified atom stereocenters. The molecule has 2 aromatic rings. The van der Waals surface area contributed by atoms with E-state index in [4.69, 9.17) is 4.74 Å². The number of hydrogen-bond donors (Lipinski definition) is 2. The molecule has 0 aliphatic heterocycles. The van der Waals surface area contributed by atoms with E-state index in [2.05, 4.69) is 10.0 Å². The highest BCUT2D eigenvalue weighted by Crippen LogP contribution is 2.15. The van der Waals surface area contributed by atoms with E-state index >= 15 is 0 Å². The first-order chi connectivity index (χ1) is 13.9. The number of hydrogen-bond acceptors (Lipinski definition) is 5. The van der Waals surface area contributed by atoms with Gasteiger partial charge in [0.15, 0.2) is 0 Å². The Bertz CT molecular complexity index is 922. The van der Waals surface area contributed by atoms with Crippen LogP contribution in [0.25, 0.3) is 0 Å². The van der Waals surface area contributed by atoms with E-state index in [-0.39, 0.29) is 13.0 Å². The summed E-state index contributed by atoms with van der Waals surface area (Å²) in [5.74, 6) is -0.753. The number of thioether (sulfide) groups is 1. The zero-order chi connectivity index (χ0) is 21.3. The summed E-state index contributed by atoms with van der Waals surface area (Å²) >= 11 is 1.49. The third-order valence-electron chi connectivity index (χ3n) is 4.12. The van der Waals surface area contributed by atoms with E-state index in [1.54, 1.807) is 7.11 Å². The van der Waals surface area contributed by atoms with Gasteiger partial charge in [-0.2, -0.15) is 16.5 Å². The zero-order valence-corrected chi connectivity index (χ0v) is 18.0. The third-order valence-corrected chi connectivity index (χ3v) is 6.27. The van der Waals surface area contributed by atoms with E-state index in [1.165, 1.54) is 30.0 Å². The highest BCUT2D eigenvalue weighted by molar-refractivity contribution is 7.98. The first kappa shape index (κ1) is 23.3. The Hall–Kier alpha value is -1.94. The number of carbonyl (C=O) groups excluding carboxylic acids is 1. The van der Waals surface area contributed by atoms with Gasteiger partial charge in [-0.05, 0) is 41.7 Å². The van der Waals surface area contributed by atoms with E-state index < -0.39 is 32.7 Å². The Morgan fingerprint density at radius 2 is 1.90 bits per heavy atom. The maximum atomic E-state index is 13.9. The fraction of sp³-hybridized carbons (Fsp3) is 0.350. The molecule has 0 saturated carbocycles. The predicted octanol–water partition coefficient (Wildman–Crippen LogP) is 2.69. The Morgan fingerprint density at radius 1 is 1.17 bits per heavy atom. The molecule has 2 rings (SSSR count). The standard InChI is InChI=1S/C20H25FN2O4S2/c1-27-14-16-7-5-6-15(12-16)13-22-20(24)18(10-11-28-2)23-29(25,26)19-9-4-3-8-17(19)21/h3-9,12,18,23H,10-11,13-14H2,1-2H3,(H,22,24). The Kier molecular flexibility index (Phi) is 9.09. The minimum Gasteiger partial charge on any atom is -0.380 e. The van der Waals surface area contributed by atoms with Crippen LogP contribution in [0.5, 0.6) is 0 Å². The molecule has 1 amide bonds. The van der Waals surface area contributed by atoms with Gasteiger partial charge in [-0.25, -0.2) is 12.8 Å². The fourth-order valence-corrected chi connectivity index (χ4v) is 4.48. The molecular formula is C20H25FN2O4S2. The van der Waals surface area contributed by atoms with Gasteiger partial charge < -0.3 is 10.1 Å². The summed E-state index contributed by atoms with van der Waals surface area (Å²) in [6, 6.07) is 11.6. The van der Waals surface area contributed by atoms with Crippen LogP contribution in [0.3, 0.4) is 0 Å². The van der Waals surface area contributed by atoms with Crippen molar-refractivity contribution in [2.45, 2.75) is 30.5 Å². The Balaban J connectivity index is 2.09. The van der Waals surface area contributed by atoms with Gasteiger partial charge in [0.1, 0.15) is 16.8 Å². The van der Waals surface area contributed by atoms with Crippen LogP contribution in [0.4, 0.5) is 4.39 Å². The number of nitrogens with one attached hydrogen (secondary N) is 2. The van der Waals surface area contributed by atoms with Crippen molar-refractivity contribution in [3.05, 3.63) is 65.5 Å². The SMILES string of the molecule is COCc1cccc(CNC(=O)C(CCSC)NS(=O)(=O)c2ccccc2F)c1. The number of ether oxygens (including phenoxy) is 1. The molecule has 0 aliphatic carbocycles. The maximum absolute atomic E-state index is 13.9. The van der Waals surface area contributed by atoms with Crippen LogP contribution in [-0.2, 0) is 32.7 Å². The molecule has 2 N–H and O–H groups in total. The average molecular weight is 441 g/mol. The molecule has 9 heteroatoms. The number of halogens is 1. The van der Waals surface area contributed by atoms with Crippen LogP contribution >= 0.6 is 11.8 Å². The smallest absolute Gasteiger partial charge is 0.244 e. The molecule has 0 fully saturated rings. The lowest BCUT2D eigenvalue weighted by atomic mass is 10.1. The second-order valence-corrected chi connectivity index (χ2v) is 9.02. The summed E-state index contributed by atoms with van der Waals surface area (Å²) in [6.45, 7) is 0.703. The molecule has 158 valence electrons. The molecule has 0 aliphatic rings. The minimum atomic E-state index is -4.17. The molecule has 0 aromatic heterocycles. The highest BCUT2D eigenvalue weighted by atomic mass is 32.2. The van der Waals surface area contributed by atoms with Crippen LogP contribution in [0.1, 0.15) is 17.5 Å². The quantitative estimate of drug-likeness (QED) is 0.561. The number of carbonyl (C=O) groups is 1. The van der Waals surface area contributed by atoms with Gasteiger partial charge in [-0.3, -0.25) is 4.79 Å². The molecule has 29 heavy (non-hydrogen) atoms. The molecule has 0 saturated heterocycles. The normalized spacial score (nSPS) is 12.5. The number of methoxy groups -OCH3 is 1. The van der Waals surface area contributed by atoms with Gasteiger partial charge in [0, 0.05) is 13.7 Å². The zero-order valence-electron chi connectivity index (χ0n) is 16.4. The minimum absolute atomic E-state index is 0.244. The van der Waals surface area contributed by atoms with Crippen molar-refractivity contribution in [3.63, 3.8) is 0 Å². The van der Waals surface area contributed by atoms with Crippen LogP contribution in [0.2, 0.25) is 0 Å². The van der Waals surface area contributed by atoms with E-state index in [1.807, 2.05) is 30.5 Å². The molecule has 0 spiro atoms. The van der Waals surface area contributed by atoms with Crippen molar-refractivity contribution < 1.29 is 22.3 Å². The van der Waals surface area contributed by atoms with Crippen molar-refractivity contribution in [2.75, 3.05) is 19.1 Å². The first-order valence-corrected chi connectivity index (χ1v) is 11.9. The van der Waals surface area contributed by atoms with Crippen molar-refractivity contribution in [1.82, 2.24) is 10.0 Å². The molecule has 0 bridgehead atoms. The third kappa shape index (κ3) is 7.11. The van der Waals surface area contributed by atoms with Gasteiger partial charge in [0.05, 0.1) is 6.61 Å². The number of sulfonamides is 1. The topological polar surface area (TPSA) is 84.5 Å². The molecule has 0 radical (unpaired) electrons. The molecule has 6 nitrogen and oxygen atoms in total. The number of rotatable bonds is 11. The summed E-state index contributed by atoms with van der Waals surface area (Å²) in [5, 5.41) is 2.76. The van der Waals surface area contributed by atoms with E-state index in [9.17, 15) is 17.6 Å². The maximum Gasteiger partial charge on any atom is 0.244 e. The largest absolute Gasteiger partial charge is 0.380 e. The molecular weight excluding hydrogens is 415 g/mol. The summed E-state index contributed by atoms with van der Waals surface area (Å²) < 4.78 is 46.5. The lowest BCUT2D eigenvalue weighted by Crippen LogP contribution is -2.46. The predicted molar refractivity (Wildman–Crippen MR) is 113 cm³/mol. The van der Waals surface area contributed by atoms with Crippen molar-refractivity contribution in [1.29, 1.82) is 0 Å². The van der Waals surface area contributed by atoms with Gasteiger partial charge in [-0.15, -0.1) is 0 Å². The van der Waals surface area contributed by atoms with E-state index in [0.717, 1.165) is 17.2 Å². The van der Waals surface area contributed by atoms with E-state index in [0.29, 0.717) is 12.4 Å². The molecule has 2 aromatic carbocycles. The lowest BCUT2D eigenvalue weighted by Gasteiger charge is -2.18. The van der Waals surface area contributed by atoms with Crippen LogP contribution in [-0.4, -0.2) is 39.5 Å². The summed E-state index contributed by atoms with van der Waals surface area (Å²) in [6.07, 6.45) is 2.14. The lowest BCUT2D eigenvalue weighted by molar-refractivity contribution is -0.122. The highest BCUT2D eigenvalue weighted by Gasteiger charge is 2.27. The summed E-state index contributed by atoms with van der Waals surface area (Å²) in [7, 11) is -2.57. The second-order valence-electron chi connectivity index (χ2n) is 6.36. The molecule has 1 atom stereocenters. The van der Waals surface area contributed by atoms with Crippen LogP contribution in [0.15, 0.2) is 53.4 Å².